The minimum atomic E-state index is -0.899. The van der Waals surface area contributed by atoms with Crippen molar-refractivity contribution in [3.8, 4) is 0 Å². The van der Waals surface area contributed by atoms with Crippen LogP contribution < -0.4 is 12.4 Å². The number of nitrogens with zero attached hydrogens (tertiary/aromatic N) is 2. The number of rotatable bonds is 3. The fourth-order valence-corrected chi connectivity index (χ4v) is 2.71. The summed E-state index contributed by atoms with van der Waals surface area (Å²) in [4.78, 5) is 3.83. The van der Waals surface area contributed by atoms with Gasteiger partial charge in [-0.05, 0) is 36.4 Å². The van der Waals surface area contributed by atoms with Crippen LogP contribution in [-0.4, -0.2) is 0 Å². The highest BCUT2D eigenvalue weighted by molar-refractivity contribution is 5.52. The maximum atomic E-state index is 9.96. The molecule has 22 heavy (non-hydrogen) atoms. The fraction of sp³-hybridized carbons (Fsp3) is 0.0526. The topological polar surface area (TPSA) is 28.1 Å². The van der Waals surface area contributed by atoms with Gasteiger partial charge in [0.05, 0.1) is 16.7 Å². The van der Waals surface area contributed by atoms with Gasteiger partial charge in [-0.1, -0.05) is 54.6 Å². The highest BCUT2D eigenvalue weighted by atomic mass is 35.5. The van der Waals surface area contributed by atoms with Crippen molar-refractivity contribution in [3.63, 3.8) is 0 Å². The first kappa shape index (κ1) is 15.8. The normalized spacial score (nSPS) is 10.3. The first-order valence-corrected chi connectivity index (χ1v) is 6.91. The number of hydrogen-bond donors (Lipinski definition) is 0. The van der Waals surface area contributed by atoms with E-state index in [1.54, 1.807) is 0 Å². The number of diazo groups is 1. The van der Waals surface area contributed by atoms with Crippen molar-refractivity contribution in [2.75, 3.05) is 0 Å². The first-order chi connectivity index (χ1) is 10.4. The highest BCUT2D eigenvalue weighted by Gasteiger charge is 2.50. The van der Waals surface area contributed by atoms with Crippen molar-refractivity contribution in [1.82, 2.24) is 0 Å². The fourth-order valence-electron chi connectivity index (χ4n) is 2.71. The van der Waals surface area contributed by atoms with E-state index in [0.29, 0.717) is 0 Å². The summed E-state index contributed by atoms with van der Waals surface area (Å²) in [6, 6.07) is 29.6. The molecule has 3 heteroatoms. The quantitative estimate of drug-likeness (QED) is 0.536. The van der Waals surface area contributed by atoms with Crippen molar-refractivity contribution in [1.29, 1.82) is 5.39 Å². The van der Waals surface area contributed by atoms with E-state index in [2.05, 4.69) is 4.98 Å². The van der Waals surface area contributed by atoms with Gasteiger partial charge in [0.15, 0.2) is 0 Å². The Bertz CT molecular complexity index is 653. The Morgan fingerprint density at radius 1 is 0.545 bits per heavy atom. The zero-order valence-corrected chi connectivity index (χ0v) is 12.7. The van der Waals surface area contributed by atoms with Crippen molar-refractivity contribution >= 4 is 0 Å². The van der Waals surface area contributed by atoms with Gasteiger partial charge in [0, 0.05) is 0 Å². The molecule has 0 aliphatic carbocycles. The minimum Gasteiger partial charge on any atom is -1.00 e. The van der Waals surface area contributed by atoms with Gasteiger partial charge in [-0.25, -0.2) is 0 Å². The predicted molar refractivity (Wildman–Crippen MR) is 84.3 cm³/mol. The Morgan fingerprint density at radius 2 is 0.818 bits per heavy atom. The van der Waals surface area contributed by atoms with Crippen LogP contribution in [0.4, 0.5) is 0 Å². The van der Waals surface area contributed by atoms with E-state index >= 15 is 0 Å². The summed E-state index contributed by atoms with van der Waals surface area (Å²) in [6.07, 6.45) is 0. The molecular weight excluding hydrogens is 292 g/mol. The van der Waals surface area contributed by atoms with Crippen molar-refractivity contribution in [3.05, 3.63) is 113 Å². The highest BCUT2D eigenvalue weighted by Crippen LogP contribution is 2.40. The van der Waals surface area contributed by atoms with Gasteiger partial charge >= 0.3 is 5.54 Å². The summed E-state index contributed by atoms with van der Waals surface area (Å²) in [5.41, 5.74) is 1.91. The molecule has 3 aromatic rings. The summed E-state index contributed by atoms with van der Waals surface area (Å²) in [6.45, 7) is 0. The first-order valence-electron chi connectivity index (χ1n) is 6.91. The van der Waals surface area contributed by atoms with Crippen LogP contribution in [0.15, 0.2) is 91.0 Å². The third-order valence-electron chi connectivity index (χ3n) is 3.72. The molecule has 0 unspecified atom stereocenters. The van der Waals surface area contributed by atoms with Crippen molar-refractivity contribution < 1.29 is 12.4 Å². The van der Waals surface area contributed by atoms with E-state index < -0.39 is 5.54 Å². The van der Waals surface area contributed by atoms with Gasteiger partial charge in [-0.2, -0.15) is 0 Å². The van der Waals surface area contributed by atoms with E-state index in [1.807, 2.05) is 91.0 Å². The molecule has 0 N–H and O–H groups in total. The molecule has 0 aliphatic rings. The predicted octanol–water partition coefficient (Wildman–Crippen LogP) is 1.84. The average Bonchev–Trinajstić information content (AvgIpc) is 2.59. The second kappa shape index (κ2) is 6.89. The molecule has 0 fully saturated rings. The lowest BCUT2D eigenvalue weighted by Crippen LogP contribution is -3.00. The minimum absolute atomic E-state index is 0. The Hall–Kier alpha value is -2.63. The van der Waals surface area contributed by atoms with Crippen LogP contribution >= 0.6 is 0 Å². The molecule has 0 atom stereocenters. The molecule has 3 aromatic carbocycles. The smallest absolute Gasteiger partial charge is 0.397 e. The van der Waals surface area contributed by atoms with Crippen LogP contribution in [0.25, 0.3) is 4.98 Å². The van der Waals surface area contributed by atoms with Crippen LogP contribution in [0.2, 0.25) is 0 Å². The molecule has 3 rings (SSSR count). The molecule has 0 spiro atoms. The number of halogens is 1. The molecule has 0 radical (unpaired) electrons. The summed E-state index contributed by atoms with van der Waals surface area (Å²) < 4.78 is 0. The lowest BCUT2D eigenvalue weighted by atomic mass is 9.78. The van der Waals surface area contributed by atoms with Crippen LogP contribution in [0, 0.1) is 5.39 Å². The van der Waals surface area contributed by atoms with E-state index in [-0.39, 0.29) is 12.4 Å². The molecule has 0 heterocycles. The molecule has 0 saturated heterocycles. The second-order valence-electron chi connectivity index (χ2n) is 4.91. The molecule has 0 aliphatic heterocycles. The largest absolute Gasteiger partial charge is 1.00 e. The summed E-state index contributed by atoms with van der Waals surface area (Å²) in [7, 11) is 0. The van der Waals surface area contributed by atoms with E-state index in [4.69, 9.17) is 0 Å². The molecule has 0 aromatic heterocycles. The molecule has 0 amide bonds. The number of hydrogen-bond acceptors (Lipinski definition) is 1. The van der Waals surface area contributed by atoms with E-state index in [9.17, 15) is 5.39 Å². The third kappa shape index (κ3) is 2.59. The van der Waals surface area contributed by atoms with Crippen LogP contribution in [0.1, 0.15) is 16.7 Å². The van der Waals surface area contributed by atoms with Gasteiger partial charge < -0.3 is 12.4 Å². The average molecular weight is 307 g/mol. The van der Waals surface area contributed by atoms with Gasteiger partial charge in [0.2, 0.25) is 5.39 Å². The van der Waals surface area contributed by atoms with Crippen LogP contribution in [0.3, 0.4) is 0 Å². The standard InChI is InChI=1S/C19H15N2.ClH/c20-21-19(16-10-4-1-5-11-16,17-12-6-2-7-13-17)18-14-8-3-9-15-18;/h1-15H;1H/q+1;/p-1. The summed E-state index contributed by atoms with van der Waals surface area (Å²) >= 11 is 0. The zero-order valence-electron chi connectivity index (χ0n) is 11.9. The maximum Gasteiger partial charge on any atom is 0.397 e. The number of benzene rings is 3. The monoisotopic (exact) mass is 306 g/mol. The van der Waals surface area contributed by atoms with Crippen LogP contribution in [-0.2, 0) is 5.54 Å². The molecule has 2 nitrogen and oxygen atoms in total. The SMILES string of the molecule is N#[N+]C(c1ccccc1)(c1ccccc1)c1ccccc1.[Cl-]. The maximum absolute atomic E-state index is 9.96. The Balaban J connectivity index is 0.00000176. The molecule has 0 bridgehead atoms. The van der Waals surface area contributed by atoms with Gasteiger partial charge in [-0.3, -0.25) is 0 Å². The lowest BCUT2D eigenvalue weighted by Gasteiger charge is -2.17. The van der Waals surface area contributed by atoms with Crippen molar-refractivity contribution in [2.24, 2.45) is 0 Å². The lowest BCUT2D eigenvalue weighted by molar-refractivity contribution is -0.00000433. The van der Waals surface area contributed by atoms with E-state index in [0.717, 1.165) is 16.7 Å². The molecule has 0 saturated carbocycles. The Labute approximate surface area is 136 Å². The van der Waals surface area contributed by atoms with Crippen LogP contribution in [0.5, 0.6) is 0 Å². The van der Waals surface area contributed by atoms with Gasteiger partial charge in [0.1, 0.15) is 4.98 Å². The molecule has 108 valence electrons. The Morgan fingerprint density at radius 3 is 1.05 bits per heavy atom. The van der Waals surface area contributed by atoms with Crippen molar-refractivity contribution in [2.45, 2.75) is 5.54 Å². The van der Waals surface area contributed by atoms with E-state index in [1.165, 1.54) is 0 Å². The molecular formula is C19H15ClN2. The zero-order chi connectivity index (χ0) is 14.5. The van der Waals surface area contributed by atoms with Gasteiger partial charge in [-0.15, -0.1) is 0 Å². The Kier molecular flexibility index (Phi) is 4.93. The summed E-state index contributed by atoms with van der Waals surface area (Å²) in [5, 5.41) is 9.96. The second-order valence-corrected chi connectivity index (χ2v) is 4.91. The summed E-state index contributed by atoms with van der Waals surface area (Å²) in [5.74, 6) is 0. The third-order valence-corrected chi connectivity index (χ3v) is 3.72. The van der Waals surface area contributed by atoms with Gasteiger partial charge in [0.25, 0.3) is 0 Å².